The van der Waals surface area contributed by atoms with Gasteiger partial charge in [0.2, 0.25) is 0 Å². The molecule has 6 heteroatoms. The van der Waals surface area contributed by atoms with Crippen LogP contribution in [0.1, 0.15) is 58.5 Å². The van der Waals surface area contributed by atoms with E-state index in [0.717, 1.165) is 62.6 Å². The molecule has 3 N–H and O–H groups in total. The third kappa shape index (κ3) is 8.89. The summed E-state index contributed by atoms with van der Waals surface area (Å²) < 4.78 is 0. The largest absolute Gasteiger partial charge is 0.355 e. The van der Waals surface area contributed by atoms with Crippen LogP contribution in [0.5, 0.6) is 0 Å². The molecule has 5 nitrogen and oxygen atoms in total. The van der Waals surface area contributed by atoms with E-state index in [0.29, 0.717) is 5.82 Å². The minimum absolute atomic E-state index is 0.0952. The van der Waals surface area contributed by atoms with Gasteiger partial charge in [0.25, 0.3) is 0 Å². The van der Waals surface area contributed by atoms with Crippen molar-refractivity contribution in [1.29, 1.82) is 0 Å². The van der Waals surface area contributed by atoms with Gasteiger partial charge in [-0.05, 0) is 79.4 Å². The summed E-state index contributed by atoms with van der Waals surface area (Å²) in [6.45, 7) is 25.4. The maximum atomic E-state index is 4.73. The van der Waals surface area contributed by atoms with E-state index < -0.39 is 0 Å². The zero-order valence-electron chi connectivity index (χ0n) is 24.1. The van der Waals surface area contributed by atoms with Gasteiger partial charge in [0.15, 0.2) is 5.16 Å². The van der Waals surface area contributed by atoms with Crippen molar-refractivity contribution in [3.8, 4) is 0 Å². The highest BCUT2D eigenvalue weighted by Crippen LogP contribution is 2.32. The molecule has 2 aromatic carbocycles. The predicted octanol–water partition coefficient (Wildman–Crippen LogP) is 8.81. The Kier molecular flexibility index (Phi) is 10.2. The SMILES string of the molecule is C=C(/C=C(\C)C(C)(C)C)NC(=C)Nc1ccc(NC(=C)c2ccccc2Sc2nc(CC)cc(CC)n2)cc1. The molecule has 39 heavy (non-hydrogen) atoms. The van der Waals surface area contributed by atoms with Gasteiger partial charge in [-0.3, -0.25) is 0 Å². The first-order valence-electron chi connectivity index (χ1n) is 13.3. The molecule has 0 aliphatic heterocycles. The van der Waals surface area contributed by atoms with E-state index in [1.807, 2.05) is 36.4 Å². The molecule has 0 fully saturated rings. The lowest BCUT2D eigenvalue weighted by Crippen LogP contribution is -2.17. The number of nitrogens with zero attached hydrogens (tertiary/aromatic N) is 2. The Balaban J connectivity index is 1.64. The van der Waals surface area contributed by atoms with E-state index in [9.17, 15) is 0 Å². The van der Waals surface area contributed by atoms with Crippen LogP contribution in [-0.4, -0.2) is 9.97 Å². The van der Waals surface area contributed by atoms with Gasteiger partial charge in [0.1, 0.15) is 5.82 Å². The minimum atomic E-state index is 0.0952. The first-order valence-corrected chi connectivity index (χ1v) is 14.1. The number of benzene rings is 2. The average Bonchev–Trinajstić information content (AvgIpc) is 2.89. The second-order valence-corrected chi connectivity index (χ2v) is 11.5. The van der Waals surface area contributed by atoms with Crippen LogP contribution < -0.4 is 16.0 Å². The van der Waals surface area contributed by atoms with Gasteiger partial charge >= 0.3 is 0 Å². The number of anilines is 2. The molecule has 0 spiro atoms. The molecule has 3 aromatic rings. The normalized spacial score (nSPS) is 11.6. The van der Waals surface area contributed by atoms with E-state index in [1.165, 1.54) is 5.57 Å². The number of aryl methyl sites for hydroxylation is 2. The van der Waals surface area contributed by atoms with E-state index in [4.69, 9.17) is 9.97 Å². The smallest absolute Gasteiger partial charge is 0.192 e. The van der Waals surface area contributed by atoms with E-state index >= 15 is 0 Å². The summed E-state index contributed by atoms with van der Waals surface area (Å²) in [5.41, 5.74) is 7.95. The van der Waals surface area contributed by atoms with Crippen LogP contribution in [0.4, 0.5) is 11.4 Å². The molecule has 0 radical (unpaired) electrons. The standard InChI is InChI=1S/C33H41N5S/c1-10-26-21-27(11-2)38-32(37-26)39-31-15-13-12-14-30(31)24(5)35-28-16-18-29(19-17-28)36-25(6)34-23(4)20-22(3)33(7,8)9/h12-21,34-36H,4-6,10-11H2,1-3,7-9H3/b22-20+. The summed E-state index contributed by atoms with van der Waals surface area (Å²) in [5, 5.41) is 10.7. The summed E-state index contributed by atoms with van der Waals surface area (Å²) in [6, 6.07) is 18.3. The Bertz CT molecular complexity index is 1340. The van der Waals surface area contributed by atoms with Gasteiger partial charge in [-0.15, -0.1) is 0 Å². The molecule has 204 valence electrons. The first-order chi connectivity index (χ1) is 18.5. The number of nitrogens with one attached hydrogen (secondary N) is 3. The summed E-state index contributed by atoms with van der Waals surface area (Å²) in [4.78, 5) is 10.5. The van der Waals surface area contributed by atoms with Crippen LogP contribution in [0, 0.1) is 5.41 Å². The summed E-state index contributed by atoms with van der Waals surface area (Å²) in [5.74, 6) is 0.662. The lowest BCUT2D eigenvalue weighted by molar-refractivity contribution is 0.503. The molecular weight excluding hydrogens is 498 g/mol. The van der Waals surface area contributed by atoms with Gasteiger partial charge in [-0.2, -0.15) is 0 Å². The van der Waals surface area contributed by atoms with Gasteiger partial charge in [0, 0.05) is 44.6 Å². The molecule has 0 atom stereocenters. The zero-order chi connectivity index (χ0) is 28.6. The third-order valence-corrected chi connectivity index (χ3v) is 7.25. The fraction of sp³-hybridized carbons (Fsp3) is 0.273. The monoisotopic (exact) mass is 539 g/mol. The van der Waals surface area contributed by atoms with Crippen LogP contribution in [-0.2, 0) is 12.8 Å². The highest BCUT2D eigenvalue weighted by molar-refractivity contribution is 7.99. The molecule has 0 saturated heterocycles. The van der Waals surface area contributed by atoms with Crippen LogP contribution >= 0.6 is 11.8 Å². The van der Waals surface area contributed by atoms with Crippen LogP contribution in [0.3, 0.4) is 0 Å². The number of rotatable bonds is 12. The molecule has 0 amide bonds. The van der Waals surface area contributed by atoms with Crippen LogP contribution in [0.25, 0.3) is 5.70 Å². The van der Waals surface area contributed by atoms with Crippen molar-refractivity contribution in [2.24, 2.45) is 5.41 Å². The lowest BCUT2D eigenvalue weighted by Gasteiger charge is -2.20. The number of hydrogen-bond acceptors (Lipinski definition) is 6. The number of allylic oxidation sites excluding steroid dienone is 2. The van der Waals surface area contributed by atoms with Crippen molar-refractivity contribution in [3.05, 3.63) is 114 Å². The maximum Gasteiger partial charge on any atom is 0.192 e. The highest BCUT2D eigenvalue weighted by Gasteiger charge is 2.13. The Labute approximate surface area is 238 Å². The topological polar surface area (TPSA) is 61.9 Å². The fourth-order valence-electron chi connectivity index (χ4n) is 3.63. The summed E-state index contributed by atoms with van der Waals surface area (Å²) in [6.07, 6.45) is 3.82. The second-order valence-electron chi connectivity index (χ2n) is 10.5. The molecule has 3 rings (SSSR count). The first kappa shape index (κ1) is 29.8. The van der Waals surface area contributed by atoms with Crippen molar-refractivity contribution < 1.29 is 0 Å². The molecule has 1 aromatic heterocycles. The average molecular weight is 540 g/mol. The van der Waals surface area contributed by atoms with Crippen molar-refractivity contribution in [2.75, 3.05) is 10.6 Å². The molecule has 0 bridgehead atoms. The molecule has 0 aliphatic rings. The minimum Gasteiger partial charge on any atom is -0.355 e. The van der Waals surface area contributed by atoms with E-state index in [-0.39, 0.29) is 5.41 Å². The Morgan fingerprint density at radius 1 is 0.872 bits per heavy atom. The van der Waals surface area contributed by atoms with Crippen molar-refractivity contribution in [2.45, 2.75) is 64.4 Å². The molecule has 0 aliphatic carbocycles. The van der Waals surface area contributed by atoms with Gasteiger partial charge < -0.3 is 16.0 Å². The second kappa shape index (κ2) is 13.3. The third-order valence-electron chi connectivity index (χ3n) is 6.31. The molecular formula is C33H41N5S. The predicted molar refractivity (Wildman–Crippen MR) is 169 cm³/mol. The maximum absolute atomic E-state index is 4.73. The van der Waals surface area contributed by atoms with Gasteiger partial charge in [-0.1, -0.05) is 78.1 Å². The fourth-order valence-corrected chi connectivity index (χ4v) is 4.60. The van der Waals surface area contributed by atoms with Gasteiger partial charge in [0.05, 0.1) is 0 Å². The number of aromatic nitrogens is 2. The van der Waals surface area contributed by atoms with Crippen molar-refractivity contribution in [3.63, 3.8) is 0 Å². The quantitative estimate of drug-likeness (QED) is 0.158. The van der Waals surface area contributed by atoms with Crippen LogP contribution in [0.2, 0.25) is 0 Å². The lowest BCUT2D eigenvalue weighted by atomic mass is 9.87. The molecule has 0 saturated carbocycles. The molecule has 0 unspecified atom stereocenters. The highest BCUT2D eigenvalue weighted by atomic mass is 32.2. The summed E-state index contributed by atoms with van der Waals surface area (Å²) in [7, 11) is 0. The van der Waals surface area contributed by atoms with E-state index in [2.05, 4.69) is 102 Å². The van der Waals surface area contributed by atoms with Crippen molar-refractivity contribution in [1.82, 2.24) is 15.3 Å². The molecule has 1 heterocycles. The summed E-state index contributed by atoms with van der Waals surface area (Å²) >= 11 is 1.57. The van der Waals surface area contributed by atoms with Crippen LogP contribution in [0.15, 0.2) is 108 Å². The van der Waals surface area contributed by atoms with Crippen molar-refractivity contribution >= 4 is 28.8 Å². The zero-order valence-corrected chi connectivity index (χ0v) is 24.9. The Morgan fingerprint density at radius 3 is 2.00 bits per heavy atom. The Hall–Kier alpha value is -3.77. The van der Waals surface area contributed by atoms with Gasteiger partial charge in [-0.25, -0.2) is 9.97 Å². The van der Waals surface area contributed by atoms with E-state index in [1.54, 1.807) is 11.8 Å². The number of hydrogen-bond donors (Lipinski definition) is 3. The Morgan fingerprint density at radius 2 is 1.44 bits per heavy atom.